The Morgan fingerprint density at radius 3 is 2.67 bits per heavy atom. The van der Waals surface area contributed by atoms with E-state index in [2.05, 4.69) is 14.9 Å². The second kappa shape index (κ2) is 7.09. The van der Waals surface area contributed by atoms with Crippen molar-refractivity contribution in [2.75, 3.05) is 12.4 Å². The Hall–Kier alpha value is -2.94. The van der Waals surface area contributed by atoms with Gasteiger partial charge < -0.3 is 4.74 Å². The van der Waals surface area contributed by atoms with Gasteiger partial charge >= 0.3 is 11.7 Å². The molecule has 24 heavy (non-hydrogen) atoms. The minimum atomic E-state index is -0.539. The first-order valence-corrected chi connectivity index (χ1v) is 7.90. The lowest BCUT2D eigenvalue weighted by Crippen LogP contribution is -2.07. The monoisotopic (exact) mass is 345 g/mol. The van der Waals surface area contributed by atoms with Crippen LogP contribution in [-0.4, -0.2) is 33.6 Å². The number of nitro groups is 1. The predicted molar refractivity (Wildman–Crippen MR) is 85.9 cm³/mol. The van der Waals surface area contributed by atoms with Crippen LogP contribution in [0.4, 0.5) is 5.69 Å². The van der Waals surface area contributed by atoms with E-state index in [0.29, 0.717) is 21.7 Å². The minimum absolute atomic E-state index is 0.103. The highest BCUT2D eigenvalue weighted by Gasteiger charge is 2.19. The van der Waals surface area contributed by atoms with E-state index in [1.165, 1.54) is 17.8 Å². The maximum Gasteiger partial charge on any atom is 0.338 e. The summed E-state index contributed by atoms with van der Waals surface area (Å²) in [7, 11) is 0. The van der Waals surface area contributed by atoms with E-state index in [-0.39, 0.29) is 17.8 Å². The molecular weight excluding hydrogens is 334 g/mol. The van der Waals surface area contributed by atoms with E-state index in [1.807, 2.05) is 6.07 Å². The fraction of sp³-hybridized carbons (Fsp3) is 0.133. The molecule has 122 valence electrons. The van der Waals surface area contributed by atoms with E-state index in [0.717, 1.165) is 0 Å². The van der Waals surface area contributed by atoms with Gasteiger partial charge in [0.2, 0.25) is 5.52 Å². The van der Waals surface area contributed by atoms with E-state index in [9.17, 15) is 14.9 Å². The number of ether oxygens (including phenoxy) is 1. The van der Waals surface area contributed by atoms with Gasteiger partial charge in [-0.2, -0.15) is 0 Å². The third kappa shape index (κ3) is 3.35. The topological polar surface area (TPSA) is 108 Å². The Morgan fingerprint density at radius 1 is 1.17 bits per heavy atom. The third-order valence-electron chi connectivity index (χ3n) is 3.14. The zero-order valence-corrected chi connectivity index (χ0v) is 13.1. The highest BCUT2D eigenvalue weighted by Crippen LogP contribution is 2.31. The maximum atomic E-state index is 11.8. The van der Waals surface area contributed by atoms with Crippen LogP contribution in [0.25, 0.3) is 11.0 Å². The predicted octanol–water partition coefficient (Wildman–Crippen LogP) is 3.08. The van der Waals surface area contributed by atoms with Crippen LogP contribution >= 0.6 is 11.8 Å². The molecule has 0 saturated carbocycles. The Bertz CT molecular complexity index is 881. The van der Waals surface area contributed by atoms with Gasteiger partial charge in [-0.1, -0.05) is 18.2 Å². The minimum Gasteiger partial charge on any atom is -0.461 e. The Morgan fingerprint density at radius 2 is 1.92 bits per heavy atom. The number of benzene rings is 2. The molecular formula is C15H11N3O5S. The van der Waals surface area contributed by atoms with Crippen molar-refractivity contribution in [1.29, 1.82) is 0 Å². The third-order valence-corrected chi connectivity index (χ3v) is 4.15. The molecule has 0 fully saturated rings. The van der Waals surface area contributed by atoms with Crippen LogP contribution in [0, 0.1) is 10.1 Å². The van der Waals surface area contributed by atoms with Crippen LogP contribution in [0.15, 0.2) is 52.0 Å². The number of nitrogens with zero attached hydrogens (tertiary/aromatic N) is 3. The molecule has 0 aliphatic heterocycles. The number of esters is 1. The summed E-state index contributed by atoms with van der Waals surface area (Å²) in [5, 5.41) is 18.2. The second-order valence-corrected chi connectivity index (χ2v) is 5.79. The van der Waals surface area contributed by atoms with Crippen molar-refractivity contribution in [2.24, 2.45) is 0 Å². The molecule has 1 aromatic heterocycles. The first-order chi connectivity index (χ1) is 11.7. The number of hydrogen-bond acceptors (Lipinski definition) is 8. The normalized spacial score (nSPS) is 10.7. The van der Waals surface area contributed by atoms with Gasteiger partial charge in [0.15, 0.2) is 5.52 Å². The quantitative estimate of drug-likeness (QED) is 0.220. The Labute approximate surface area is 139 Å². The molecule has 0 atom stereocenters. The molecule has 0 bridgehead atoms. The van der Waals surface area contributed by atoms with Crippen LogP contribution in [0.1, 0.15) is 10.4 Å². The van der Waals surface area contributed by atoms with Crippen molar-refractivity contribution in [3.8, 4) is 0 Å². The van der Waals surface area contributed by atoms with Gasteiger partial charge in [0.1, 0.15) is 6.61 Å². The van der Waals surface area contributed by atoms with Crippen LogP contribution in [0.3, 0.4) is 0 Å². The lowest BCUT2D eigenvalue weighted by molar-refractivity contribution is -0.383. The Kier molecular flexibility index (Phi) is 4.71. The number of hydrogen-bond donors (Lipinski definition) is 0. The van der Waals surface area contributed by atoms with Crippen molar-refractivity contribution < 1.29 is 19.1 Å². The van der Waals surface area contributed by atoms with Gasteiger partial charge in [0, 0.05) is 16.7 Å². The van der Waals surface area contributed by atoms with E-state index < -0.39 is 10.9 Å². The number of nitro benzene ring substituents is 1. The summed E-state index contributed by atoms with van der Waals surface area (Å²) in [6, 6.07) is 11.6. The Balaban J connectivity index is 1.61. The smallest absolute Gasteiger partial charge is 0.338 e. The summed E-state index contributed by atoms with van der Waals surface area (Å²) >= 11 is 1.35. The van der Waals surface area contributed by atoms with Crippen LogP contribution < -0.4 is 0 Å². The maximum absolute atomic E-state index is 11.8. The summed E-state index contributed by atoms with van der Waals surface area (Å²) < 4.78 is 9.77. The number of aromatic nitrogens is 2. The van der Waals surface area contributed by atoms with E-state index in [4.69, 9.17) is 4.74 Å². The molecule has 9 heteroatoms. The first-order valence-electron chi connectivity index (χ1n) is 6.91. The molecule has 0 aliphatic carbocycles. The highest BCUT2D eigenvalue weighted by molar-refractivity contribution is 7.99. The molecule has 1 heterocycles. The highest BCUT2D eigenvalue weighted by atomic mass is 32.2. The summed E-state index contributed by atoms with van der Waals surface area (Å²) in [6.45, 7) is 0.197. The number of carbonyl (C=O) groups is 1. The SMILES string of the molecule is O=C(OCCSc1ccc([N+](=O)[O-])c2nonc12)c1ccccc1. The number of carbonyl (C=O) groups excluding carboxylic acids is 1. The standard InChI is InChI=1S/C15H11N3O5S/c19-15(10-4-2-1-3-5-10)22-8-9-24-12-7-6-11(18(20)21)13-14(12)17-23-16-13/h1-7H,8-9H2. The largest absolute Gasteiger partial charge is 0.461 e. The fourth-order valence-corrected chi connectivity index (χ4v) is 2.86. The number of non-ortho nitro benzene ring substituents is 1. The van der Waals surface area contributed by atoms with Crippen molar-refractivity contribution in [3.05, 3.63) is 58.1 Å². The van der Waals surface area contributed by atoms with Crippen molar-refractivity contribution in [1.82, 2.24) is 10.3 Å². The summed E-state index contributed by atoms with van der Waals surface area (Å²) in [4.78, 5) is 22.9. The van der Waals surface area contributed by atoms with Crippen LogP contribution in [0.5, 0.6) is 0 Å². The summed E-state index contributed by atoms with van der Waals surface area (Å²) in [5.74, 6) is 0.0753. The molecule has 2 aromatic carbocycles. The zero-order valence-electron chi connectivity index (χ0n) is 12.2. The van der Waals surface area contributed by atoms with Crippen LogP contribution in [-0.2, 0) is 4.74 Å². The molecule has 0 unspecified atom stereocenters. The molecule has 0 aliphatic rings. The van der Waals surface area contributed by atoms with Gasteiger partial charge in [-0.3, -0.25) is 10.1 Å². The molecule has 0 amide bonds. The average molecular weight is 345 g/mol. The number of thioether (sulfide) groups is 1. The second-order valence-electron chi connectivity index (χ2n) is 4.65. The van der Waals surface area contributed by atoms with Crippen molar-refractivity contribution >= 4 is 34.5 Å². The van der Waals surface area contributed by atoms with Gasteiger partial charge in [-0.05, 0) is 28.5 Å². The molecule has 8 nitrogen and oxygen atoms in total. The number of fused-ring (bicyclic) bond motifs is 1. The van der Waals surface area contributed by atoms with Crippen molar-refractivity contribution in [2.45, 2.75) is 4.90 Å². The zero-order chi connectivity index (χ0) is 16.9. The molecule has 0 spiro atoms. The molecule has 3 rings (SSSR count). The number of rotatable bonds is 6. The average Bonchev–Trinajstić information content (AvgIpc) is 3.08. The van der Waals surface area contributed by atoms with Gasteiger partial charge in [-0.15, -0.1) is 11.8 Å². The van der Waals surface area contributed by atoms with Gasteiger partial charge in [0.05, 0.1) is 10.5 Å². The van der Waals surface area contributed by atoms with Crippen LogP contribution in [0.2, 0.25) is 0 Å². The fourth-order valence-electron chi connectivity index (χ4n) is 2.04. The molecule has 0 N–H and O–H groups in total. The van der Waals surface area contributed by atoms with Crippen molar-refractivity contribution in [3.63, 3.8) is 0 Å². The van der Waals surface area contributed by atoms with Gasteiger partial charge in [-0.25, -0.2) is 9.42 Å². The van der Waals surface area contributed by atoms with E-state index in [1.54, 1.807) is 30.3 Å². The summed E-state index contributed by atoms with van der Waals surface area (Å²) in [6.07, 6.45) is 0. The first kappa shape index (κ1) is 15.9. The van der Waals surface area contributed by atoms with E-state index >= 15 is 0 Å². The molecule has 3 aromatic rings. The molecule has 0 radical (unpaired) electrons. The molecule has 0 saturated heterocycles. The lowest BCUT2D eigenvalue weighted by atomic mass is 10.2. The summed E-state index contributed by atoms with van der Waals surface area (Å²) in [5.41, 5.74) is 0.752. The lowest BCUT2D eigenvalue weighted by Gasteiger charge is -2.05. The van der Waals surface area contributed by atoms with Gasteiger partial charge in [0.25, 0.3) is 0 Å².